The fourth-order valence-corrected chi connectivity index (χ4v) is 2.34. The summed E-state index contributed by atoms with van der Waals surface area (Å²) in [6, 6.07) is -0.389. The molecule has 1 aliphatic rings. The number of hydrogen-bond acceptors (Lipinski definition) is 5. The number of amides is 1. The van der Waals surface area contributed by atoms with Crippen molar-refractivity contribution in [3.05, 3.63) is 0 Å². The van der Waals surface area contributed by atoms with Crippen molar-refractivity contribution in [1.82, 2.24) is 4.90 Å². The number of aliphatic hydroxyl groups is 2. The molecule has 0 aromatic rings. The van der Waals surface area contributed by atoms with Gasteiger partial charge in [-0.25, -0.2) is 4.79 Å². The average Bonchev–Trinajstić information content (AvgIpc) is 2.47. The number of hydrogen-bond donors (Lipinski definition) is 2. The first-order chi connectivity index (χ1) is 8.62. The second-order valence-corrected chi connectivity index (χ2v) is 6.22. The second-order valence-electron chi connectivity index (χ2n) is 6.22. The Balaban J connectivity index is 2.95. The van der Waals surface area contributed by atoms with Gasteiger partial charge in [0.15, 0.2) is 0 Å². The van der Waals surface area contributed by atoms with E-state index in [0.29, 0.717) is 6.42 Å². The van der Waals surface area contributed by atoms with Crippen LogP contribution >= 0.6 is 0 Å². The molecule has 1 rings (SSSR count). The van der Waals surface area contributed by atoms with Crippen LogP contribution in [0.15, 0.2) is 0 Å². The lowest BCUT2D eigenvalue weighted by molar-refractivity contribution is -0.0866. The Morgan fingerprint density at radius 2 is 1.95 bits per heavy atom. The van der Waals surface area contributed by atoms with Crippen molar-refractivity contribution in [2.24, 2.45) is 0 Å². The molecule has 0 saturated carbocycles. The molecule has 0 bridgehead atoms. The summed E-state index contributed by atoms with van der Waals surface area (Å²) < 4.78 is 11.0. The van der Waals surface area contributed by atoms with Crippen molar-refractivity contribution in [3.8, 4) is 0 Å². The zero-order valence-electron chi connectivity index (χ0n) is 12.3. The summed E-state index contributed by atoms with van der Waals surface area (Å²) in [5, 5.41) is 18.5. The van der Waals surface area contributed by atoms with Crippen molar-refractivity contribution >= 4 is 6.09 Å². The zero-order chi connectivity index (χ0) is 14.8. The summed E-state index contributed by atoms with van der Waals surface area (Å²) in [5.41, 5.74) is -1.47. The first-order valence-corrected chi connectivity index (χ1v) is 6.54. The standard InChI is InChI=1S/C13H25NO5/c1-12(2,3)19-11(17)14-9(6-7-15)10(8-16)18-13(14,4)5/h9-10,15-16H,6-8H2,1-5H3/t9-,10-/m1/s1. The Labute approximate surface area is 114 Å². The van der Waals surface area contributed by atoms with Gasteiger partial charge in [0.2, 0.25) is 0 Å². The molecule has 0 radical (unpaired) electrons. The smallest absolute Gasteiger partial charge is 0.412 e. The number of ether oxygens (including phenoxy) is 2. The summed E-state index contributed by atoms with van der Waals surface area (Å²) in [7, 11) is 0. The third-order valence-corrected chi connectivity index (χ3v) is 2.98. The van der Waals surface area contributed by atoms with Gasteiger partial charge in [0.1, 0.15) is 17.4 Å². The quantitative estimate of drug-likeness (QED) is 0.806. The summed E-state index contributed by atoms with van der Waals surface area (Å²) in [6.45, 7) is 8.58. The molecule has 112 valence electrons. The number of aliphatic hydroxyl groups excluding tert-OH is 2. The normalized spacial score (nSPS) is 26.6. The zero-order valence-corrected chi connectivity index (χ0v) is 12.3. The van der Waals surface area contributed by atoms with E-state index in [1.54, 1.807) is 34.6 Å². The Morgan fingerprint density at radius 3 is 2.37 bits per heavy atom. The Kier molecular flexibility index (Phi) is 4.81. The molecule has 1 amide bonds. The molecule has 1 fully saturated rings. The topological polar surface area (TPSA) is 79.2 Å². The molecule has 0 aromatic heterocycles. The largest absolute Gasteiger partial charge is 0.444 e. The number of rotatable bonds is 3. The third-order valence-electron chi connectivity index (χ3n) is 2.98. The van der Waals surface area contributed by atoms with Crippen LogP contribution in [-0.2, 0) is 9.47 Å². The molecular weight excluding hydrogens is 250 g/mol. The predicted octanol–water partition coefficient (Wildman–Crippen LogP) is 1.10. The first-order valence-electron chi connectivity index (χ1n) is 6.54. The predicted molar refractivity (Wildman–Crippen MR) is 69.6 cm³/mol. The van der Waals surface area contributed by atoms with Gasteiger partial charge in [-0.15, -0.1) is 0 Å². The minimum absolute atomic E-state index is 0.0834. The maximum atomic E-state index is 12.3. The molecule has 19 heavy (non-hydrogen) atoms. The summed E-state index contributed by atoms with van der Waals surface area (Å²) in [4.78, 5) is 13.8. The van der Waals surface area contributed by atoms with Crippen LogP contribution in [0, 0.1) is 0 Å². The highest BCUT2D eigenvalue weighted by Gasteiger charge is 2.50. The van der Waals surface area contributed by atoms with Gasteiger partial charge in [0, 0.05) is 6.61 Å². The van der Waals surface area contributed by atoms with Gasteiger partial charge >= 0.3 is 6.09 Å². The minimum Gasteiger partial charge on any atom is -0.444 e. The van der Waals surface area contributed by atoms with Crippen LogP contribution < -0.4 is 0 Å². The number of carbonyl (C=O) groups is 1. The maximum Gasteiger partial charge on any atom is 0.412 e. The summed E-state index contributed by atoms with van der Waals surface area (Å²) in [5.74, 6) is 0. The van der Waals surface area contributed by atoms with Gasteiger partial charge in [0.05, 0.1) is 12.6 Å². The molecule has 0 unspecified atom stereocenters. The number of nitrogens with zero attached hydrogens (tertiary/aromatic N) is 1. The second kappa shape index (κ2) is 5.64. The first kappa shape index (κ1) is 16.2. The van der Waals surface area contributed by atoms with E-state index in [0.717, 1.165) is 0 Å². The van der Waals surface area contributed by atoms with E-state index >= 15 is 0 Å². The highest BCUT2D eigenvalue weighted by atomic mass is 16.6. The van der Waals surface area contributed by atoms with Crippen molar-refractivity contribution in [1.29, 1.82) is 0 Å². The van der Waals surface area contributed by atoms with Crippen LogP contribution in [0.5, 0.6) is 0 Å². The van der Waals surface area contributed by atoms with E-state index in [9.17, 15) is 9.90 Å². The lowest BCUT2D eigenvalue weighted by Crippen LogP contribution is -2.50. The molecule has 6 heteroatoms. The van der Waals surface area contributed by atoms with E-state index in [1.807, 2.05) is 0 Å². The molecule has 6 nitrogen and oxygen atoms in total. The summed E-state index contributed by atoms with van der Waals surface area (Å²) in [6.07, 6.45) is -0.657. The fraction of sp³-hybridized carbons (Fsp3) is 0.923. The van der Waals surface area contributed by atoms with E-state index in [4.69, 9.17) is 14.6 Å². The van der Waals surface area contributed by atoms with Gasteiger partial charge in [0.25, 0.3) is 0 Å². The molecule has 1 aliphatic heterocycles. The molecule has 0 aromatic carbocycles. The monoisotopic (exact) mass is 275 g/mol. The van der Waals surface area contributed by atoms with Crippen molar-refractivity contribution in [2.45, 2.75) is 64.5 Å². The lowest BCUT2D eigenvalue weighted by atomic mass is 10.1. The highest BCUT2D eigenvalue weighted by molar-refractivity contribution is 5.70. The van der Waals surface area contributed by atoms with Crippen molar-refractivity contribution in [2.75, 3.05) is 13.2 Å². The van der Waals surface area contributed by atoms with Crippen LogP contribution in [0.2, 0.25) is 0 Å². The molecule has 1 heterocycles. The van der Waals surface area contributed by atoms with Gasteiger partial charge in [-0.1, -0.05) is 0 Å². The van der Waals surface area contributed by atoms with E-state index in [2.05, 4.69) is 0 Å². The van der Waals surface area contributed by atoms with Crippen LogP contribution in [0.1, 0.15) is 41.0 Å². The van der Waals surface area contributed by atoms with E-state index in [1.165, 1.54) is 4.90 Å². The van der Waals surface area contributed by atoms with Gasteiger partial charge < -0.3 is 19.7 Å². The SMILES string of the molecule is CC(C)(C)OC(=O)N1[C@H](CCO)[C@@H](CO)OC1(C)C. The third kappa shape index (κ3) is 3.81. The Bertz CT molecular complexity index is 323. The van der Waals surface area contributed by atoms with E-state index in [-0.39, 0.29) is 19.3 Å². The van der Waals surface area contributed by atoms with Crippen LogP contribution in [0.4, 0.5) is 4.79 Å². The minimum atomic E-state index is -0.866. The molecule has 2 N–H and O–H groups in total. The van der Waals surface area contributed by atoms with Gasteiger partial charge in [-0.2, -0.15) is 0 Å². The van der Waals surface area contributed by atoms with E-state index < -0.39 is 23.5 Å². The van der Waals surface area contributed by atoms with Crippen LogP contribution in [-0.4, -0.2) is 57.9 Å². The van der Waals surface area contributed by atoms with Gasteiger partial charge in [-0.05, 0) is 41.0 Å². The molecule has 0 aliphatic carbocycles. The highest BCUT2D eigenvalue weighted by Crippen LogP contribution is 2.34. The van der Waals surface area contributed by atoms with Gasteiger partial charge in [-0.3, -0.25) is 4.90 Å². The molecular formula is C13H25NO5. The summed E-state index contributed by atoms with van der Waals surface area (Å²) >= 11 is 0. The van der Waals surface area contributed by atoms with Crippen LogP contribution in [0.3, 0.4) is 0 Å². The average molecular weight is 275 g/mol. The maximum absolute atomic E-state index is 12.3. The lowest BCUT2D eigenvalue weighted by Gasteiger charge is -2.35. The molecule has 1 saturated heterocycles. The number of carbonyl (C=O) groups excluding carboxylic acids is 1. The molecule has 0 spiro atoms. The van der Waals surface area contributed by atoms with Crippen molar-refractivity contribution < 1.29 is 24.5 Å². The molecule has 2 atom stereocenters. The fourth-order valence-electron chi connectivity index (χ4n) is 2.34. The Morgan fingerprint density at radius 1 is 1.37 bits per heavy atom. The van der Waals surface area contributed by atoms with Crippen molar-refractivity contribution in [3.63, 3.8) is 0 Å². The van der Waals surface area contributed by atoms with Crippen LogP contribution in [0.25, 0.3) is 0 Å². The Hall–Kier alpha value is -0.850.